The molecule has 4 atom stereocenters. The normalized spacial score (nSPS) is 42.2. The van der Waals surface area contributed by atoms with Crippen molar-refractivity contribution in [2.24, 2.45) is 11.8 Å². The summed E-state index contributed by atoms with van der Waals surface area (Å²) >= 11 is 0. The molecule has 0 radical (unpaired) electrons. The Bertz CT molecular complexity index is 324. The Labute approximate surface area is 102 Å². The third-order valence-corrected chi connectivity index (χ3v) is 5.73. The quantitative estimate of drug-likeness (QED) is 0.606. The first-order valence-corrected chi connectivity index (χ1v) is 8.36. The Kier molecular flexibility index (Phi) is 3.90. The minimum Gasteiger partial charge on any atom is -0.117 e. The summed E-state index contributed by atoms with van der Waals surface area (Å²) < 4.78 is 0. The van der Waals surface area contributed by atoms with E-state index < -0.39 is 0 Å². The van der Waals surface area contributed by atoms with Crippen LogP contribution in [-0.2, 0) is 0 Å². The Morgan fingerprint density at radius 3 is 2.62 bits per heavy atom. The molecule has 0 aromatic heterocycles. The lowest BCUT2D eigenvalue weighted by molar-refractivity contribution is 0.519. The monoisotopic (exact) mass is 236 g/mol. The van der Waals surface area contributed by atoms with Crippen molar-refractivity contribution in [2.75, 3.05) is 6.66 Å². The maximum atomic E-state index is 2.40. The van der Waals surface area contributed by atoms with Crippen molar-refractivity contribution in [1.82, 2.24) is 0 Å². The summed E-state index contributed by atoms with van der Waals surface area (Å²) in [5.74, 6) is 1.83. The van der Waals surface area contributed by atoms with Crippen LogP contribution in [0.3, 0.4) is 0 Å². The van der Waals surface area contributed by atoms with E-state index in [1.165, 1.54) is 25.7 Å². The predicted octanol–water partition coefficient (Wildman–Crippen LogP) is 4.77. The van der Waals surface area contributed by atoms with Gasteiger partial charge in [-0.15, -0.1) is 8.58 Å². The van der Waals surface area contributed by atoms with Crippen LogP contribution >= 0.6 is 8.58 Å². The minimum absolute atomic E-state index is 0.897. The lowest BCUT2D eigenvalue weighted by Crippen LogP contribution is -2.34. The van der Waals surface area contributed by atoms with Gasteiger partial charge in [0, 0.05) is 5.66 Å². The van der Waals surface area contributed by atoms with E-state index >= 15 is 0 Å². The lowest BCUT2D eigenvalue weighted by Gasteiger charge is -2.43. The van der Waals surface area contributed by atoms with Crippen molar-refractivity contribution >= 4 is 8.58 Å². The third kappa shape index (κ3) is 1.90. The second-order valence-electron chi connectivity index (χ2n) is 5.39. The molecule has 0 aromatic rings. The van der Waals surface area contributed by atoms with Crippen LogP contribution < -0.4 is 0 Å². The standard InChI is InChI=1S/C15H25P/c1-5-12-14(11-8-7-10(3)9-11)13(6-2)15(12)16-4/h5,10,13,15-16H,6-9H2,1-4H3/b12-5?,14-11-/t10-,13?,15?/m0/s1. The van der Waals surface area contributed by atoms with E-state index in [4.69, 9.17) is 0 Å². The fourth-order valence-electron chi connectivity index (χ4n) is 3.56. The van der Waals surface area contributed by atoms with Crippen molar-refractivity contribution in [2.45, 2.75) is 52.1 Å². The van der Waals surface area contributed by atoms with Gasteiger partial charge in [-0.2, -0.15) is 0 Å². The zero-order chi connectivity index (χ0) is 11.7. The van der Waals surface area contributed by atoms with Crippen LogP contribution in [0.1, 0.15) is 46.5 Å². The molecule has 2 saturated carbocycles. The zero-order valence-corrected chi connectivity index (χ0v) is 12.1. The van der Waals surface area contributed by atoms with E-state index in [0.717, 1.165) is 26.1 Å². The van der Waals surface area contributed by atoms with Gasteiger partial charge in [0.15, 0.2) is 0 Å². The summed E-state index contributed by atoms with van der Waals surface area (Å²) in [6.07, 6.45) is 7.91. The van der Waals surface area contributed by atoms with E-state index in [2.05, 4.69) is 33.5 Å². The molecule has 2 aliphatic carbocycles. The van der Waals surface area contributed by atoms with Gasteiger partial charge in [-0.05, 0) is 62.3 Å². The van der Waals surface area contributed by atoms with Gasteiger partial charge >= 0.3 is 0 Å². The summed E-state index contributed by atoms with van der Waals surface area (Å²) in [6, 6.07) is 0. The molecule has 0 bridgehead atoms. The van der Waals surface area contributed by atoms with Crippen LogP contribution in [0.4, 0.5) is 0 Å². The highest BCUT2D eigenvalue weighted by molar-refractivity contribution is 7.38. The molecule has 1 heteroatoms. The summed E-state index contributed by atoms with van der Waals surface area (Å²) in [5.41, 5.74) is 6.20. The largest absolute Gasteiger partial charge is 0.117 e. The van der Waals surface area contributed by atoms with E-state index in [0.29, 0.717) is 0 Å². The van der Waals surface area contributed by atoms with Crippen molar-refractivity contribution in [3.05, 3.63) is 22.8 Å². The van der Waals surface area contributed by atoms with Crippen LogP contribution in [-0.4, -0.2) is 12.3 Å². The fourth-order valence-corrected chi connectivity index (χ4v) is 4.99. The second-order valence-corrected chi connectivity index (χ2v) is 6.59. The van der Waals surface area contributed by atoms with E-state index in [1.807, 2.05) is 5.57 Å². The zero-order valence-electron chi connectivity index (χ0n) is 11.1. The minimum atomic E-state index is 0.897. The highest BCUT2D eigenvalue weighted by atomic mass is 31.1. The smallest absolute Gasteiger partial charge is 0.00795 e. The highest BCUT2D eigenvalue weighted by Crippen LogP contribution is 2.53. The molecule has 2 aliphatic rings. The van der Waals surface area contributed by atoms with Gasteiger partial charge in [0.05, 0.1) is 0 Å². The van der Waals surface area contributed by atoms with Crippen molar-refractivity contribution in [1.29, 1.82) is 0 Å². The molecule has 2 rings (SSSR count). The van der Waals surface area contributed by atoms with Crippen molar-refractivity contribution < 1.29 is 0 Å². The Morgan fingerprint density at radius 1 is 1.44 bits per heavy atom. The van der Waals surface area contributed by atoms with Crippen LogP contribution in [0.2, 0.25) is 0 Å². The third-order valence-electron chi connectivity index (χ3n) is 4.40. The average molecular weight is 236 g/mol. The molecule has 0 spiro atoms. The van der Waals surface area contributed by atoms with Gasteiger partial charge in [0.1, 0.15) is 0 Å². The van der Waals surface area contributed by atoms with E-state index in [1.54, 1.807) is 11.1 Å². The fraction of sp³-hybridized carbons (Fsp3) is 0.733. The molecule has 0 aromatic carbocycles. The van der Waals surface area contributed by atoms with Gasteiger partial charge in [-0.25, -0.2) is 0 Å². The average Bonchev–Trinajstić information content (AvgIpc) is 2.65. The summed E-state index contributed by atoms with van der Waals surface area (Å²) in [4.78, 5) is 0. The molecule has 0 N–H and O–H groups in total. The van der Waals surface area contributed by atoms with Crippen LogP contribution in [0.15, 0.2) is 22.8 Å². The topological polar surface area (TPSA) is 0 Å². The number of allylic oxidation sites excluding steroid dienone is 4. The van der Waals surface area contributed by atoms with Gasteiger partial charge in [0.25, 0.3) is 0 Å². The highest BCUT2D eigenvalue weighted by Gasteiger charge is 2.40. The number of rotatable bonds is 2. The molecule has 3 unspecified atom stereocenters. The first-order valence-electron chi connectivity index (χ1n) is 6.78. The molecule has 16 heavy (non-hydrogen) atoms. The Hall–Kier alpha value is -0.0900. The maximum absolute atomic E-state index is 2.40. The van der Waals surface area contributed by atoms with Gasteiger partial charge in [-0.1, -0.05) is 25.5 Å². The molecule has 0 heterocycles. The van der Waals surface area contributed by atoms with E-state index in [-0.39, 0.29) is 0 Å². The summed E-state index contributed by atoms with van der Waals surface area (Å²) in [5, 5.41) is 0. The van der Waals surface area contributed by atoms with Crippen LogP contribution in [0, 0.1) is 11.8 Å². The first-order chi connectivity index (χ1) is 7.72. The summed E-state index contributed by atoms with van der Waals surface area (Å²) in [6.45, 7) is 9.37. The van der Waals surface area contributed by atoms with Gasteiger partial charge in [0.2, 0.25) is 0 Å². The van der Waals surface area contributed by atoms with Gasteiger partial charge in [-0.3, -0.25) is 0 Å². The van der Waals surface area contributed by atoms with Crippen molar-refractivity contribution in [3.8, 4) is 0 Å². The Morgan fingerprint density at radius 2 is 2.19 bits per heavy atom. The van der Waals surface area contributed by atoms with Crippen molar-refractivity contribution in [3.63, 3.8) is 0 Å². The molecule has 0 nitrogen and oxygen atoms in total. The Balaban J connectivity index is 2.26. The summed E-state index contributed by atoms with van der Waals surface area (Å²) in [7, 11) is 1.09. The SMILES string of the molecule is CC=C1/C(=C2\CC[C@H](C)C2)C(CC)C1PC. The first kappa shape index (κ1) is 12.4. The molecular weight excluding hydrogens is 211 g/mol. The lowest BCUT2D eigenvalue weighted by atomic mass is 9.69. The number of hydrogen-bond acceptors (Lipinski definition) is 0. The molecule has 0 amide bonds. The number of hydrogen-bond donors (Lipinski definition) is 0. The molecule has 90 valence electrons. The molecule has 2 fully saturated rings. The van der Waals surface area contributed by atoms with Crippen LogP contribution in [0.25, 0.3) is 0 Å². The molecular formula is C15H25P. The van der Waals surface area contributed by atoms with Gasteiger partial charge < -0.3 is 0 Å². The maximum Gasteiger partial charge on any atom is 0.00795 e. The predicted molar refractivity (Wildman–Crippen MR) is 75.6 cm³/mol. The second kappa shape index (κ2) is 5.05. The van der Waals surface area contributed by atoms with E-state index in [9.17, 15) is 0 Å². The molecule has 0 aliphatic heterocycles. The van der Waals surface area contributed by atoms with Crippen LogP contribution in [0.5, 0.6) is 0 Å². The molecule has 0 saturated heterocycles.